The molecule has 0 radical (unpaired) electrons. The number of hydrogen-bond acceptors (Lipinski definition) is 4. The lowest BCUT2D eigenvalue weighted by molar-refractivity contribution is 0.0610. The highest BCUT2D eigenvalue weighted by Crippen LogP contribution is 2.30. The van der Waals surface area contributed by atoms with E-state index in [1.165, 1.54) is 29.2 Å². The zero-order valence-corrected chi connectivity index (χ0v) is 19.6. The monoisotopic (exact) mass is 482 g/mol. The number of anilines is 1. The van der Waals surface area contributed by atoms with Gasteiger partial charge in [-0.15, -0.1) is 0 Å². The molecule has 0 atom stereocenters. The van der Waals surface area contributed by atoms with E-state index in [4.69, 9.17) is 4.74 Å². The van der Waals surface area contributed by atoms with E-state index >= 15 is 0 Å². The quantitative estimate of drug-likeness (QED) is 0.335. The van der Waals surface area contributed by atoms with Crippen LogP contribution < -0.4 is 9.64 Å². The van der Waals surface area contributed by atoms with Gasteiger partial charge in [0.15, 0.2) is 0 Å². The third-order valence-corrected chi connectivity index (χ3v) is 6.34. The average molecular weight is 483 g/mol. The lowest BCUT2D eigenvalue weighted by atomic mass is 9.94. The molecule has 0 spiro atoms. The Bertz CT molecular complexity index is 1410. The summed E-state index contributed by atoms with van der Waals surface area (Å²) < 4.78 is 18.6. The maximum atomic E-state index is 13.4. The molecule has 1 heterocycles. The van der Waals surface area contributed by atoms with E-state index in [9.17, 15) is 18.8 Å². The number of rotatable bonds is 7. The van der Waals surface area contributed by atoms with Crippen LogP contribution >= 0.6 is 0 Å². The number of imide groups is 1. The summed E-state index contributed by atoms with van der Waals surface area (Å²) in [4.78, 5) is 42.5. The van der Waals surface area contributed by atoms with Crippen molar-refractivity contribution in [3.63, 3.8) is 0 Å². The summed E-state index contributed by atoms with van der Waals surface area (Å²) in [5.41, 5.74) is 1.95. The molecule has 0 aliphatic carbocycles. The standard InChI is InChI=1S/C29H23FN2O4/c1-36-23-15-13-22(14-16-23)31(27(33)20-9-11-21(30)12-10-20)17-4-18-32-28(34)24-7-2-5-19-6-3-8-25(26(19)24)29(32)35/h2-3,5-16H,4,17-18H2,1H3. The van der Waals surface area contributed by atoms with Gasteiger partial charge in [-0.3, -0.25) is 19.3 Å². The van der Waals surface area contributed by atoms with Crippen molar-refractivity contribution in [1.82, 2.24) is 4.90 Å². The molecule has 4 aromatic rings. The number of carbonyl (C=O) groups is 3. The summed E-state index contributed by atoms with van der Waals surface area (Å²) in [6.45, 7) is 0.386. The van der Waals surface area contributed by atoms with Crippen LogP contribution in [0.2, 0.25) is 0 Å². The van der Waals surface area contributed by atoms with E-state index in [0.717, 1.165) is 5.39 Å². The molecule has 0 saturated heterocycles. The zero-order valence-electron chi connectivity index (χ0n) is 19.6. The van der Waals surface area contributed by atoms with Crippen LogP contribution in [0.3, 0.4) is 0 Å². The number of halogens is 1. The molecule has 0 saturated carbocycles. The molecule has 180 valence electrons. The molecule has 0 bridgehead atoms. The molecule has 0 N–H and O–H groups in total. The fraction of sp³-hybridized carbons (Fsp3) is 0.138. The highest BCUT2D eigenvalue weighted by atomic mass is 19.1. The van der Waals surface area contributed by atoms with E-state index in [1.807, 2.05) is 12.1 Å². The minimum Gasteiger partial charge on any atom is -0.497 e. The number of amides is 3. The Morgan fingerprint density at radius 1 is 0.861 bits per heavy atom. The van der Waals surface area contributed by atoms with Crippen LogP contribution in [0.4, 0.5) is 10.1 Å². The molecule has 0 fully saturated rings. The van der Waals surface area contributed by atoms with Crippen LogP contribution in [0.1, 0.15) is 37.5 Å². The molecule has 5 rings (SSSR count). The highest BCUT2D eigenvalue weighted by molar-refractivity contribution is 6.25. The third kappa shape index (κ3) is 4.20. The molecule has 3 amide bonds. The summed E-state index contributed by atoms with van der Waals surface area (Å²) in [6, 6.07) is 23.2. The molecule has 36 heavy (non-hydrogen) atoms. The normalized spacial score (nSPS) is 12.7. The fourth-order valence-corrected chi connectivity index (χ4v) is 4.53. The van der Waals surface area contributed by atoms with Crippen molar-refractivity contribution in [2.24, 2.45) is 0 Å². The SMILES string of the molecule is COc1ccc(N(CCCN2C(=O)c3cccc4cccc(c34)C2=O)C(=O)c2ccc(F)cc2)cc1. The first-order valence-electron chi connectivity index (χ1n) is 11.6. The van der Waals surface area contributed by atoms with Gasteiger partial charge in [0.05, 0.1) is 7.11 Å². The van der Waals surface area contributed by atoms with Crippen LogP contribution in [0.5, 0.6) is 5.75 Å². The number of hydrogen-bond donors (Lipinski definition) is 0. The maximum Gasteiger partial charge on any atom is 0.261 e. The Balaban J connectivity index is 1.38. The molecule has 1 aliphatic heterocycles. The van der Waals surface area contributed by atoms with Crippen molar-refractivity contribution < 1.29 is 23.5 Å². The van der Waals surface area contributed by atoms with Crippen LogP contribution in [-0.4, -0.2) is 42.8 Å². The third-order valence-electron chi connectivity index (χ3n) is 6.34. The van der Waals surface area contributed by atoms with Gasteiger partial charge in [0.2, 0.25) is 0 Å². The first-order valence-corrected chi connectivity index (χ1v) is 11.6. The Labute approximate surface area is 207 Å². The maximum absolute atomic E-state index is 13.4. The van der Waals surface area contributed by atoms with Gasteiger partial charge < -0.3 is 9.64 Å². The number of ether oxygens (including phenoxy) is 1. The molecular formula is C29H23FN2O4. The summed E-state index contributed by atoms with van der Waals surface area (Å²) in [5.74, 6) is -0.785. The smallest absolute Gasteiger partial charge is 0.261 e. The second-order valence-electron chi connectivity index (χ2n) is 8.49. The van der Waals surface area contributed by atoms with Crippen molar-refractivity contribution in [3.05, 3.63) is 107 Å². The summed E-state index contributed by atoms with van der Waals surface area (Å²) in [6.07, 6.45) is 0.356. The van der Waals surface area contributed by atoms with Crippen molar-refractivity contribution in [1.29, 1.82) is 0 Å². The van der Waals surface area contributed by atoms with E-state index in [2.05, 4.69) is 0 Å². The number of methoxy groups -OCH3 is 1. The molecule has 6 nitrogen and oxygen atoms in total. The minimum atomic E-state index is -0.431. The minimum absolute atomic E-state index is 0.145. The van der Waals surface area contributed by atoms with Crippen LogP contribution in [0.25, 0.3) is 10.8 Å². The molecule has 7 heteroatoms. The van der Waals surface area contributed by atoms with Crippen LogP contribution in [-0.2, 0) is 0 Å². The predicted octanol–water partition coefficient (Wildman–Crippen LogP) is 5.32. The number of nitrogens with zero attached hydrogens (tertiary/aromatic N) is 2. The van der Waals surface area contributed by atoms with Gasteiger partial charge in [-0.1, -0.05) is 24.3 Å². The summed E-state index contributed by atoms with van der Waals surface area (Å²) in [5, 5.41) is 1.53. The van der Waals surface area contributed by atoms with Gasteiger partial charge in [-0.05, 0) is 72.5 Å². The number of carbonyl (C=O) groups excluding carboxylic acids is 3. The second kappa shape index (κ2) is 9.62. The lowest BCUT2D eigenvalue weighted by Crippen LogP contribution is -2.42. The van der Waals surface area contributed by atoms with Crippen molar-refractivity contribution in [2.45, 2.75) is 6.42 Å². The summed E-state index contributed by atoms with van der Waals surface area (Å²) in [7, 11) is 1.56. The summed E-state index contributed by atoms with van der Waals surface area (Å²) >= 11 is 0. The Morgan fingerprint density at radius 3 is 2.06 bits per heavy atom. The Hall–Kier alpha value is -4.52. The van der Waals surface area contributed by atoms with Gasteiger partial charge >= 0.3 is 0 Å². The van der Waals surface area contributed by atoms with Crippen LogP contribution in [0.15, 0.2) is 84.9 Å². The molecule has 1 aliphatic rings. The predicted molar refractivity (Wildman–Crippen MR) is 135 cm³/mol. The first-order chi connectivity index (χ1) is 17.5. The number of benzene rings is 4. The van der Waals surface area contributed by atoms with Crippen molar-refractivity contribution in [3.8, 4) is 5.75 Å². The van der Waals surface area contributed by atoms with E-state index < -0.39 is 5.82 Å². The molecule has 4 aromatic carbocycles. The Morgan fingerprint density at radius 2 is 1.47 bits per heavy atom. The highest BCUT2D eigenvalue weighted by Gasteiger charge is 2.32. The molecule has 0 unspecified atom stereocenters. The van der Waals surface area contributed by atoms with Crippen molar-refractivity contribution >= 4 is 34.2 Å². The second-order valence-corrected chi connectivity index (χ2v) is 8.49. The van der Waals surface area contributed by atoms with Gasteiger partial charge in [0, 0.05) is 40.9 Å². The van der Waals surface area contributed by atoms with E-state index in [0.29, 0.717) is 39.9 Å². The van der Waals surface area contributed by atoms with E-state index in [-0.39, 0.29) is 30.8 Å². The van der Waals surface area contributed by atoms with E-state index in [1.54, 1.807) is 60.5 Å². The van der Waals surface area contributed by atoms with Gasteiger partial charge in [0.1, 0.15) is 11.6 Å². The largest absolute Gasteiger partial charge is 0.497 e. The van der Waals surface area contributed by atoms with Gasteiger partial charge in [0.25, 0.3) is 17.7 Å². The zero-order chi connectivity index (χ0) is 25.2. The van der Waals surface area contributed by atoms with Gasteiger partial charge in [-0.25, -0.2) is 4.39 Å². The van der Waals surface area contributed by atoms with Gasteiger partial charge in [-0.2, -0.15) is 0 Å². The topological polar surface area (TPSA) is 66.9 Å². The van der Waals surface area contributed by atoms with Crippen LogP contribution in [0, 0.1) is 5.82 Å². The molecular weight excluding hydrogens is 459 g/mol. The fourth-order valence-electron chi connectivity index (χ4n) is 4.53. The Kier molecular flexibility index (Phi) is 6.21. The first kappa shape index (κ1) is 23.2. The lowest BCUT2D eigenvalue weighted by Gasteiger charge is -2.29. The molecule has 0 aromatic heterocycles. The van der Waals surface area contributed by atoms with Crippen molar-refractivity contribution in [2.75, 3.05) is 25.1 Å². The average Bonchev–Trinajstić information content (AvgIpc) is 2.91.